The average Bonchev–Trinajstić information content (AvgIpc) is 2.68. The maximum absolute atomic E-state index is 4.15. The van der Waals surface area contributed by atoms with Gasteiger partial charge in [0.2, 0.25) is 0 Å². The summed E-state index contributed by atoms with van der Waals surface area (Å²) in [6.45, 7) is 6.25. The largest absolute Gasteiger partial charge is 0.314 e. The van der Waals surface area contributed by atoms with Crippen LogP contribution in [-0.4, -0.2) is 27.6 Å². The molecule has 1 aromatic heterocycles. The van der Waals surface area contributed by atoms with Crippen LogP contribution in [0.2, 0.25) is 0 Å². The molecule has 4 heteroatoms. The number of hydrogen-bond acceptors (Lipinski definition) is 3. The summed E-state index contributed by atoms with van der Waals surface area (Å²) in [5.41, 5.74) is 2.09. The SMILES string of the molecule is CC(C)NCCCn1nnc2ccccc21. The fourth-order valence-corrected chi connectivity index (χ4v) is 1.70. The first kappa shape index (κ1) is 11.1. The van der Waals surface area contributed by atoms with E-state index in [2.05, 4.69) is 35.5 Å². The van der Waals surface area contributed by atoms with E-state index in [1.165, 1.54) is 0 Å². The normalized spacial score (nSPS) is 11.4. The van der Waals surface area contributed by atoms with Gasteiger partial charge in [0, 0.05) is 12.6 Å². The lowest BCUT2D eigenvalue weighted by molar-refractivity contribution is 0.513. The van der Waals surface area contributed by atoms with E-state index in [1.807, 2.05) is 22.9 Å². The first-order valence-corrected chi connectivity index (χ1v) is 5.79. The highest BCUT2D eigenvalue weighted by atomic mass is 15.4. The quantitative estimate of drug-likeness (QED) is 0.778. The monoisotopic (exact) mass is 218 g/mol. The van der Waals surface area contributed by atoms with Gasteiger partial charge in [-0.3, -0.25) is 0 Å². The minimum absolute atomic E-state index is 0.549. The van der Waals surface area contributed by atoms with Crippen molar-refractivity contribution < 1.29 is 0 Å². The van der Waals surface area contributed by atoms with Gasteiger partial charge in [0.15, 0.2) is 0 Å². The second-order valence-corrected chi connectivity index (χ2v) is 4.26. The number of fused-ring (bicyclic) bond motifs is 1. The van der Waals surface area contributed by atoms with Gasteiger partial charge < -0.3 is 5.32 Å². The molecule has 2 aromatic rings. The predicted molar refractivity (Wildman–Crippen MR) is 65.3 cm³/mol. The van der Waals surface area contributed by atoms with Gasteiger partial charge in [-0.2, -0.15) is 0 Å². The first-order chi connectivity index (χ1) is 7.77. The Labute approximate surface area is 95.6 Å². The first-order valence-electron chi connectivity index (χ1n) is 5.79. The molecule has 0 radical (unpaired) electrons. The van der Waals surface area contributed by atoms with Crippen LogP contribution in [0.1, 0.15) is 20.3 Å². The number of aryl methyl sites for hydroxylation is 1. The number of hydrogen-bond donors (Lipinski definition) is 1. The molecule has 0 aliphatic rings. The summed E-state index contributed by atoms with van der Waals surface area (Å²) in [6.07, 6.45) is 1.07. The lowest BCUT2D eigenvalue weighted by Crippen LogP contribution is -2.24. The van der Waals surface area contributed by atoms with Crippen LogP contribution in [0.3, 0.4) is 0 Å². The molecule has 4 nitrogen and oxygen atoms in total. The minimum Gasteiger partial charge on any atom is -0.314 e. The number of para-hydroxylation sites is 1. The van der Waals surface area contributed by atoms with Gasteiger partial charge in [-0.1, -0.05) is 31.2 Å². The molecule has 0 aliphatic heterocycles. The van der Waals surface area contributed by atoms with Gasteiger partial charge in [-0.05, 0) is 25.1 Å². The van der Waals surface area contributed by atoms with E-state index >= 15 is 0 Å². The summed E-state index contributed by atoms with van der Waals surface area (Å²) in [4.78, 5) is 0. The number of nitrogens with zero attached hydrogens (tertiary/aromatic N) is 3. The molecule has 1 heterocycles. The minimum atomic E-state index is 0.549. The second kappa shape index (κ2) is 5.07. The third kappa shape index (κ3) is 2.58. The van der Waals surface area contributed by atoms with E-state index in [1.54, 1.807) is 0 Å². The molecule has 0 aliphatic carbocycles. The highest BCUT2D eigenvalue weighted by Crippen LogP contribution is 2.09. The summed E-state index contributed by atoms with van der Waals surface area (Å²) in [6, 6.07) is 8.61. The highest BCUT2D eigenvalue weighted by Gasteiger charge is 2.02. The number of benzene rings is 1. The van der Waals surface area contributed by atoms with Crippen LogP contribution >= 0.6 is 0 Å². The third-order valence-corrected chi connectivity index (χ3v) is 2.52. The fraction of sp³-hybridized carbons (Fsp3) is 0.500. The number of aromatic nitrogens is 3. The molecular formula is C12H18N4. The maximum atomic E-state index is 4.15. The van der Waals surface area contributed by atoms with Crippen LogP contribution in [-0.2, 0) is 6.54 Å². The van der Waals surface area contributed by atoms with E-state index in [0.29, 0.717) is 6.04 Å². The van der Waals surface area contributed by atoms with Crippen LogP contribution in [0.4, 0.5) is 0 Å². The highest BCUT2D eigenvalue weighted by molar-refractivity contribution is 5.73. The molecule has 1 aromatic carbocycles. The van der Waals surface area contributed by atoms with E-state index in [-0.39, 0.29) is 0 Å². The van der Waals surface area contributed by atoms with E-state index < -0.39 is 0 Å². The van der Waals surface area contributed by atoms with Gasteiger partial charge in [0.05, 0.1) is 5.52 Å². The molecule has 86 valence electrons. The molecule has 1 N–H and O–H groups in total. The Kier molecular flexibility index (Phi) is 3.51. The van der Waals surface area contributed by atoms with Crippen molar-refractivity contribution in [3.63, 3.8) is 0 Å². The van der Waals surface area contributed by atoms with E-state index in [9.17, 15) is 0 Å². The van der Waals surface area contributed by atoms with Crippen LogP contribution in [0.5, 0.6) is 0 Å². The Bertz CT molecular complexity index is 447. The lowest BCUT2D eigenvalue weighted by Gasteiger charge is -2.07. The standard InChI is InChI=1S/C12H18N4/c1-10(2)13-8-5-9-16-12-7-4-3-6-11(12)14-15-16/h3-4,6-7,10,13H,5,8-9H2,1-2H3. The van der Waals surface area contributed by atoms with Gasteiger partial charge in [0.25, 0.3) is 0 Å². The van der Waals surface area contributed by atoms with Crippen LogP contribution < -0.4 is 5.32 Å². The van der Waals surface area contributed by atoms with Crippen molar-refractivity contribution in [2.45, 2.75) is 32.9 Å². The smallest absolute Gasteiger partial charge is 0.113 e. The number of rotatable bonds is 5. The molecule has 0 unspecified atom stereocenters. The second-order valence-electron chi connectivity index (χ2n) is 4.26. The Hall–Kier alpha value is -1.42. The molecule has 0 atom stereocenters. The topological polar surface area (TPSA) is 42.7 Å². The molecule has 0 saturated heterocycles. The average molecular weight is 218 g/mol. The van der Waals surface area contributed by atoms with Gasteiger partial charge in [-0.25, -0.2) is 4.68 Å². The van der Waals surface area contributed by atoms with Crippen molar-refractivity contribution in [1.29, 1.82) is 0 Å². The van der Waals surface area contributed by atoms with Crippen molar-refractivity contribution in [3.8, 4) is 0 Å². The van der Waals surface area contributed by atoms with Crippen molar-refractivity contribution in [3.05, 3.63) is 24.3 Å². The molecule has 0 amide bonds. The van der Waals surface area contributed by atoms with Gasteiger partial charge >= 0.3 is 0 Å². The van der Waals surface area contributed by atoms with Gasteiger partial charge in [0.1, 0.15) is 5.52 Å². The summed E-state index contributed by atoms with van der Waals surface area (Å²) >= 11 is 0. The molecule has 0 saturated carbocycles. The van der Waals surface area contributed by atoms with Crippen LogP contribution in [0.25, 0.3) is 11.0 Å². The molecular weight excluding hydrogens is 200 g/mol. The Morgan fingerprint density at radius 1 is 1.31 bits per heavy atom. The Morgan fingerprint density at radius 2 is 2.12 bits per heavy atom. The van der Waals surface area contributed by atoms with Crippen molar-refractivity contribution in [2.24, 2.45) is 0 Å². The van der Waals surface area contributed by atoms with E-state index in [0.717, 1.165) is 30.5 Å². The van der Waals surface area contributed by atoms with Crippen LogP contribution in [0.15, 0.2) is 24.3 Å². The van der Waals surface area contributed by atoms with Gasteiger partial charge in [-0.15, -0.1) is 5.10 Å². The Morgan fingerprint density at radius 3 is 2.94 bits per heavy atom. The zero-order valence-corrected chi connectivity index (χ0v) is 9.85. The summed E-state index contributed by atoms with van der Waals surface area (Å²) in [5.74, 6) is 0. The molecule has 2 rings (SSSR count). The molecule has 0 bridgehead atoms. The third-order valence-electron chi connectivity index (χ3n) is 2.52. The lowest BCUT2D eigenvalue weighted by atomic mass is 10.3. The summed E-state index contributed by atoms with van der Waals surface area (Å²) in [7, 11) is 0. The van der Waals surface area contributed by atoms with E-state index in [4.69, 9.17) is 0 Å². The van der Waals surface area contributed by atoms with Crippen molar-refractivity contribution in [1.82, 2.24) is 20.3 Å². The molecule has 0 spiro atoms. The van der Waals surface area contributed by atoms with Crippen LogP contribution in [0, 0.1) is 0 Å². The summed E-state index contributed by atoms with van der Waals surface area (Å²) in [5, 5.41) is 11.7. The number of nitrogens with one attached hydrogen (secondary N) is 1. The zero-order chi connectivity index (χ0) is 11.4. The van der Waals surface area contributed by atoms with Crippen molar-refractivity contribution in [2.75, 3.05) is 6.54 Å². The fourth-order valence-electron chi connectivity index (χ4n) is 1.70. The summed E-state index contributed by atoms with van der Waals surface area (Å²) < 4.78 is 1.97. The maximum Gasteiger partial charge on any atom is 0.113 e. The zero-order valence-electron chi connectivity index (χ0n) is 9.85. The Balaban J connectivity index is 1.94. The predicted octanol–water partition coefficient (Wildman–Crippen LogP) is 1.82. The van der Waals surface area contributed by atoms with Crippen molar-refractivity contribution >= 4 is 11.0 Å². The molecule has 16 heavy (non-hydrogen) atoms. The molecule has 0 fully saturated rings.